The zero-order valence-corrected chi connectivity index (χ0v) is 20.8. The minimum absolute atomic E-state index is 0.0738. The summed E-state index contributed by atoms with van der Waals surface area (Å²) in [6.07, 6.45) is 9.94. The van der Waals surface area contributed by atoms with Gasteiger partial charge in [-0.25, -0.2) is 4.39 Å². The van der Waals surface area contributed by atoms with Gasteiger partial charge in [-0.1, -0.05) is 53.2 Å². The maximum Gasteiger partial charge on any atom is 0.221 e. The van der Waals surface area contributed by atoms with Crippen molar-refractivity contribution in [2.24, 2.45) is 0 Å². The molecule has 170 valence electrons. The predicted molar refractivity (Wildman–Crippen MR) is 134 cm³/mol. The number of halogens is 1. The fraction of sp³-hybridized carbons (Fsp3) is 0.500. The van der Waals surface area contributed by atoms with Gasteiger partial charge in [0.15, 0.2) is 11.7 Å². The molecule has 0 saturated heterocycles. The number of hydrogen-bond acceptors (Lipinski definition) is 0. The molecule has 0 fully saturated rings. The Morgan fingerprint density at radius 3 is 2.22 bits per heavy atom. The van der Waals surface area contributed by atoms with Crippen LogP contribution in [-0.4, -0.2) is 0 Å². The van der Waals surface area contributed by atoms with Gasteiger partial charge in [0.2, 0.25) is 5.69 Å². The summed E-state index contributed by atoms with van der Waals surface area (Å²) < 4.78 is 17.6. The summed E-state index contributed by atoms with van der Waals surface area (Å²) in [7, 11) is 0. The van der Waals surface area contributed by atoms with E-state index in [0.717, 1.165) is 37.7 Å². The number of aromatic nitrogens is 1. The molecule has 2 heteroatoms. The van der Waals surface area contributed by atoms with E-state index >= 15 is 4.39 Å². The molecule has 1 nitrogen and oxygen atoms in total. The zero-order chi connectivity index (χ0) is 23.1. The second-order valence-corrected chi connectivity index (χ2v) is 9.73. The van der Waals surface area contributed by atoms with Gasteiger partial charge in [0.05, 0.1) is 16.4 Å². The minimum atomic E-state index is -0.0905. The van der Waals surface area contributed by atoms with Gasteiger partial charge in [0.25, 0.3) is 0 Å². The van der Waals surface area contributed by atoms with Gasteiger partial charge in [-0.05, 0) is 72.9 Å². The first kappa shape index (κ1) is 23.0. The summed E-state index contributed by atoms with van der Waals surface area (Å²) in [4.78, 5) is 0. The Morgan fingerprint density at radius 2 is 1.59 bits per heavy atom. The Morgan fingerprint density at radius 1 is 0.875 bits per heavy atom. The lowest BCUT2D eigenvalue weighted by Crippen LogP contribution is -2.69. The number of nitrogens with zero attached hydrogens (tertiary/aromatic N) is 1. The Kier molecular flexibility index (Phi) is 6.18. The van der Waals surface area contributed by atoms with Crippen molar-refractivity contribution in [2.75, 3.05) is 0 Å². The molecule has 4 rings (SSSR count). The normalized spacial score (nSPS) is 16.1. The Labute approximate surface area is 193 Å². The average Bonchev–Trinajstić information content (AvgIpc) is 2.82. The van der Waals surface area contributed by atoms with Crippen LogP contribution in [0.25, 0.3) is 22.0 Å². The van der Waals surface area contributed by atoms with E-state index in [1.165, 1.54) is 46.0 Å². The number of unbranched alkanes of at least 4 members (excludes halogenated alkanes) is 1. The van der Waals surface area contributed by atoms with Crippen LogP contribution >= 0.6 is 0 Å². The van der Waals surface area contributed by atoms with E-state index in [2.05, 4.69) is 75.7 Å². The lowest BCUT2D eigenvalue weighted by atomic mass is 9.56. The molecule has 3 aromatic rings. The highest BCUT2D eigenvalue weighted by molar-refractivity contribution is 5.94. The van der Waals surface area contributed by atoms with Gasteiger partial charge in [-0.2, -0.15) is 4.57 Å². The highest BCUT2D eigenvalue weighted by Crippen LogP contribution is 2.54. The molecule has 2 aromatic carbocycles. The maximum absolute atomic E-state index is 15.0. The summed E-state index contributed by atoms with van der Waals surface area (Å²) >= 11 is 0. The van der Waals surface area contributed by atoms with Crippen LogP contribution in [0.1, 0.15) is 89.8 Å². The van der Waals surface area contributed by atoms with Gasteiger partial charge in [0, 0.05) is 18.9 Å². The summed E-state index contributed by atoms with van der Waals surface area (Å²) in [5.41, 5.74) is 5.66. The topological polar surface area (TPSA) is 3.88 Å². The standard InChI is InChI=1S/C30H39FN/c1-7-12-13-22-14-15-24-23(19-22)16-17-32-28(24)25-18-21(6)27(31)20-26(25)29(8-2,9-3)30(32,10-4)11-5/h14-20H,7-13H2,1-6H3/q+1. The van der Waals surface area contributed by atoms with Crippen molar-refractivity contribution in [3.05, 3.63) is 65.1 Å². The second-order valence-electron chi connectivity index (χ2n) is 9.73. The largest absolute Gasteiger partial charge is 0.221 e. The monoisotopic (exact) mass is 432 g/mol. The number of fused-ring (bicyclic) bond motifs is 5. The molecular formula is C30H39FN+. The fourth-order valence-electron chi connectivity index (χ4n) is 6.80. The molecule has 0 N–H and O–H groups in total. The van der Waals surface area contributed by atoms with Crippen molar-refractivity contribution in [1.82, 2.24) is 0 Å². The van der Waals surface area contributed by atoms with Crippen LogP contribution in [0.15, 0.2) is 42.6 Å². The van der Waals surface area contributed by atoms with Crippen LogP contribution in [0.2, 0.25) is 0 Å². The van der Waals surface area contributed by atoms with E-state index in [0.29, 0.717) is 0 Å². The molecule has 0 radical (unpaired) electrons. The third kappa shape index (κ3) is 3.05. The second kappa shape index (κ2) is 8.61. The van der Waals surface area contributed by atoms with Crippen molar-refractivity contribution < 1.29 is 8.96 Å². The molecule has 0 amide bonds. The molecule has 2 heterocycles. The summed E-state index contributed by atoms with van der Waals surface area (Å²) in [5, 5.41) is 2.58. The molecule has 0 bridgehead atoms. The number of rotatable bonds is 7. The van der Waals surface area contributed by atoms with Crippen LogP contribution in [0.3, 0.4) is 0 Å². The quantitative estimate of drug-likeness (QED) is 0.331. The first-order valence-corrected chi connectivity index (χ1v) is 12.7. The summed E-state index contributed by atoms with van der Waals surface area (Å²) in [5.74, 6) is -0.0772. The van der Waals surface area contributed by atoms with Crippen LogP contribution in [0.4, 0.5) is 4.39 Å². The fourth-order valence-corrected chi connectivity index (χ4v) is 6.80. The van der Waals surface area contributed by atoms with E-state index < -0.39 is 0 Å². The van der Waals surface area contributed by atoms with Crippen molar-refractivity contribution >= 4 is 10.8 Å². The zero-order valence-electron chi connectivity index (χ0n) is 20.8. The third-order valence-corrected chi connectivity index (χ3v) is 8.63. The van der Waals surface area contributed by atoms with Gasteiger partial charge >= 0.3 is 0 Å². The van der Waals surface area contributed by atoms with Gasteiger partial charge in [-0.15, -0.1) is 0 Å². The molecule has 1 aliphatic heterocycles. The van der Waals surface area contributed by atoms with Crippen molar-refractivity contribution in [2.45, 2.75) is 97.4 Å². The highest BCUT2D eigenvalue weighted by Gasteiger charge is 2.60. The van der Waals surface area contributed by atoms with Crippen LogP contribution < -0.4 is 4.57 Å². The molecule has 1 aliphatic rings. The first-order valence-electron chi connectivity index (χ1n) is 12.7. The third-order valence-electron chi connectivity index (χ3n) is 8.63. The van der Waals surface area contributed by atoms with Gasteiger partial charge < -0.3 is 0 Å². The van der Waals surface area contributed by atoms with E-state index in [4.69, 9.17) is 0 Å². The first-order chi connectivity index (χ1) is 15.4. The molecule has 0 spiro atoms. The number of hydrogen-bond donors (Lipinski definition) is 0. The van der Waals surface area contributed by atoms with Crippen molar-refractivity contribution in [1.29, 1.82) is 0 Å². The molecule has 0 atom stereocenters. The lowest BCUT2D eigenvalue weighted by Gasteiger charge is -2.49. The molecule has 0 saturated carbocycles. The number of pyridine rings is 1. The highest BCUT2D eigenvalue weighted by atomic mass is 19.1. The van der Waals surface area contributed by atoms with Crippen molar-refractivity contribution in [3.8, 4) is 11.3 Å². The molecule has 0 aliphatic carbocycles. The molecule has 32 heavy (non-hydrogen) atoms. The minimum Gasteiger partial charge on any atom is -0.207 e. The van der Waals surface area contributed by atoms with Crippen LogP contribution in [-0.2, 0) is 17.4 Å². The number of aryl methyl sites for hydroxylation is 2. The van der Waals surface area contributed by atoms with Gasteiger partial charge in [-0.3, -0.25) is 0 Å². The van der Waals surface area contributed by atoms with E-state index in [1.54, 1.807) is 0 Å². The molecule has 1 aromatic heterocycles. The molecule has 0 unspecified atom stereocenters. The Balaban J connectivity index is 2.12. The predicted octanol–water partition coefficient (Wildman–Crippen LogP) is 8.17. The lowest BCUT2D eigenvalue weighted by molar-refractivity contribution is -0.769. The van der Waals surface area contributed by atoms with E-state index in [9.17, 15) is 0 Å². The van der Waals surface area contributed by atoms with Crippen molar-refractivity contribution in [3.63, 3.8) is 0 Å². The maximum atomic E-state index is 15.0. The summed E-state index contributed by atoms with van der Waals surface area (Å²) in [6.45, 7) is 13.3. The number of benzene rings is 2. The van der Waals surface area contributed by atoms with Crippen LogP contribution in [0.5, 0.6) is 0 Å². The molecular weight excluding hydrogens is 393 g/mol. The SMILES string of the molecule is CCCCc1ccc2c3[n+](ccc2c1)C(CC)(CC)C(CC)(CC)c1cc(F)c(C)cc1-3. The van der Waals surface area contributed by atoms with Crippen LogP contribution in [0, 0.1) is 12.7 Å². The summed E-state index contributed by atoms with van der Waals surface area (Å²) in [6, 6.07) is 13.3. The van der Waals surface area contributed by atoms with E-state index in [-0.39, 0.29) is 16.8 Å². The smallest absolute Gasteiger partial charge is 0.207 e. The average molecular weight is 433 g/mol. The van der Waals surface area contributed by atoms with Gasteiger partial charge in [0.1, 0.15) is 5.82 Å². The van der Waals surface area contributed by atoms with E-state index in [1.807, 2.05) is 13.0 Å². The Hall–Kier alpha value is -2.22. The Bertz CT molecular complexity index is 1140.